The Kier molecular flexibility index (Phi) is 3.13. The van der Waals surface area contributed by atoms with Crippen molar-refractivity contribution in [2.45, 2.75) is 38.5 Å². The fourth-order valence-corrected chi connectivity index (χ4v) is 3.75. The summed E-state index contributed by atoms with van der Waals surface area (Å²) in [4.78, 5) is 23.9. The molecule has 1 saturated carbocycles. The maximum atomic E-state index is 12.2. The van der Waals surface area contributed by atoms with Gasteiger partial charge in [0.25, 0.3) is 0 Å². The lowest BCUT2D eigenvalue weighted by atomic mass is 9.66. The first-order valence-electron chi connectivity index (χ1n) is 7.07. The Balaban J connectivity index is 1.87. The first kappa shape index (κ1) is 12.4. The molecule has 1 N–H and O–H groups in total. The molecule has 19 heavy (non-hydrogen) atoms. The minimum absolute atomic E-state index is 0.0462. The van der Waals surface area contributed by atoms with Gasteiger partial charge in [-0.1, -0.05) is 43.2 Å². The smallest absolute Gasteiger partial charge is 0.230 e. The molecule has 2 amide bonds. The molecule has 1 unspecified atom stereocenters. The van der Waals surface area contributed by atoms with E-state index in [1.54, 1.807) is 0 Å². The number of imide groups is 1. The Bertz CT molecular complexity index is 489. The number of hydrogen-bond acceptors (Lipinski definition) is 2. The Morgan fingerprint density at radius 2 is 1.79 bits per heavy atom. The van der Waals surface area contributed by atoms with E-state index in [0.29, 0.717) is 6.42 Å². The summed E-state index contributed by atoms with van der Waals surface area (Å²) in [5.41, 5.74) is 1.11. The molecule has 1 aromatic carbocycles. The minimum Gasteiger partial charge on any atom is -0.296 e. The molecule has 0 radical (unpaired) electrons. The molecule has 0 aromatic heterocycles. The lowest BCUT2D eigenvalue weighted by Gasteiger charge is -2.39. The molecule has 1 spiro atoms. The summed E-state index contributed by atoms with van der Waals surface area (Å²) in [7, 11) is 0. The topological polar surface area (TPSA) is 46.2 Å². The molecule has 3 nitrogen and oxygen atoms in total. The van der Waals surface area contributed by atoms with Crippen molar-refractivity contribution in [3.8, 4) is 0 Å². The van der Waals surface area contributed by atoms with Crippen molar-refractivity contribution in [3.63, 3.8) is 0 Å². The van der Waals surface area contributed by atoms with Gasteiger partial charge in [0.15, 0.2) is 0 Å². The standard InChI is InChI=1S/C16H19NO2/c18-14-11-16(8-4-5-9-16)13(15(19)17-14)10-12-6-2-1-3-7-12/h1-3,6-7,13H,4-5,8-11H2,(H,17,18,19). The van der Waals surface area contributed by atoms with Crippen LogP contribution in [0.2, 0.25) is 0 Å². The number of carbonyl (C=O) groups is 2. The van der Waals surface area contributed by atoms with Gasteiger partial charge in [0, 0.05) is 12.3 Å². The van der Waals surface area contributed by atoms with E-state index >= 15 is 0 Å². The first-order valence-corrected chi connectivity index (χ1v) is 7.07. The van der Waals surface area contributed by atoms with Gasteiger partial charge in [-0.3, -0.25) is 14.9 Å². The largest absolute Gasteiger partial charge is 0.296 e. The molecular formula is C16H19NO2. The van der Waals surface area contributed by atoms with Gasteiger partial charge >= 0.3 is 0 Å². The summed E-state index contributed by atoms with van der Waals surface area (Å²) in [6.45, 7) is 0. The van der Waals surface area contributed by atoms with Gasteiger partial charge in [0.2, 0.25) is 11.8 Å². The average Bonchev–Trinajstić information content (AvgIpc) is 2.84. The molecule has 1 aliphatic heterocycles. The Morgan fingerprint density at radius 1 is 1.11 bits per heavy atom. The number of carbonyl (C=O) groups excluding carboxylic acids is 2. The van der Waals surface area contributed by atoms with Crippen LogP contribution in [0, 0.1) is 11.3 Å². The lowest BCUT2D eigenvalue weighted by Crippen LogP contribution is -2.51. The van der Waals surface area contributed by atoms with Crippen LogP contribution in [0.15, 0.2) is 30.3 Å². The van der Waals surface area contributed by atoms with E-state index in [2.05, 4.69) is 17.4 Å². The Labute approximate surface area is 113 Å². The zero-order valence-electron chi connectivity index (χ0n) is 11.0. The van der Waals surface area contributed by atoms with Crippen LogP contribution >= 0.6 is 0 Å². The van der Waals surface area contributed by atoms with Gasteiger partial charge in [0.1, 0.15) is 0 Å². The van der Waals surface area contributed by atoms with E-state index in [1.165, 1.54) is 5.56 Å². The third-order valence-corrected chi connectivity index (χ3v) is 4.71. The van der Waals surface area contributed by atoms with Crippen molar-refractivity contribution in [1.82, 2.24) is 5.32 Å². The summed E-state index contributed by atoms with van der Waals surface area (Å²) < 4.78 is 0. The van der Waals surface area contributed by atoms with E-state index < -0.39 is 0 Å². The number of benzene rings is 1. The highest BCUT2D eigenvalue weighted by Gasteiger charge is 2.49. The molecule has 2 aliphatic rings. The van der Waals surface area contributed by atoms with Crippen LogP contribution in [0.25, 0.3) is 0 Å². The van der Waals surface area contributed by atoms with Crippen molar-refractivity contribution < 1.29 is 9.59 Å². The SMILES string of the molecule is O=C1CC2(CCCC2)C(Cc2ccccc2)C(=O)N1. The minimum atomic E-state index is -0.0868. The van der Waals surface area contributed by atoms with Crippen LogP contribution in [0.3, 0.4) is 0 Å². The summed E-state index contributed by atoms with van der Waals surface area (Å²) in [5.74, 6) is -0.201. The molecule has 2 fully saturated rings. The molecule has 1 aliphatic carbocycles. The zero-order chi connectivity index (χ0) is 13.3. The molecule has 3 rings (SSSR count). The molecule has 1 atom stereocenters. The number of nitrogens with one attached hydrogen (secondary N) is 1. The molecule has 3 heteroatoms. The van der Waals surface area contributed by atoms with Gasteiger partial charge in [0.05, 0.1) is 0 Å². The highest BCUT2D eigenvalue weighted by Crippen LogP contribution is 2.49. The predicted octanol–water partition coefficient (Wildman–Crippen LogP) is 2.45. The molecule has 1 saturated heterocycles. The summed E-state index contributed by atoms with van der Waals surface area (Å²) in [6.07, 6.45) is 5.60. The fourth-order valence-electron chi connectivity index (χ4n) is 3.75. The van der Waals surface area contributed by atoms with Gasteiger partial charge in [-0.25, -0.2) is 0 Å². The molecule has 0 bridgehead atoms. The maximum absolute atomic E-state index is 12.2. The maximum Gasteiger partial charge on any atom is 0.230 e. The number of rotatable bonds is 2. The van der Waals surface area contributed by atoms with Gasteiger partial charge in [-0.05, 0) is 30.2 Å². The number of hydrogen-bond donors (Lipinski definition) is 1. The highest BCUT2D eigenvalue weighted by atomic mass is 16.2. The number of piperidine rings is 1. The first-order chi connectivity index (χ1) is 9.20. The zero-order valence-corrected chi connectivity index (χ0v) is 11.0. The van der Waals surface area contributed by atoms with Gasteiger partial charge in [-0.2, -0.15) is 0 Å². The van der Waals surface area contributed by atoms with Crippen LogP contribution in [0.5, 0.6) is 0 Å². The van der Waals surface area contributed by atoms with E-state index in [0.717, 1.165) is 32.1 Å². The van der Waals surface area contributed by atoms with Crippen LogP contribution < -0.4 is 5.32 Å². The third kappa shape index (κ3) is 2.29. The van der Waals surface area contributed by atoms with Crippen LogP contribution in [0.4, 0.5) is 0 Å². The van der Waals surface area contributed by atoms with E-state index in [4.69, 9.17) is 0 Å². The van der Waals surface area contributed by atoms with Crippen LogP contribution in [0.1, 0.15) is 37.7 Å². The van der Waals surface area contributed by atoms with Crippen molar-refractivity contribution in [2.75, 3.05) is 0 Å². The lowest BCUT2D eigenvalue weighted by molar-refractivity contribution is -0.143. The van der Waals surface area contributed by atoms with E-state index in [1.807, 2.05) is 18.2 Å². The van der Waals surface area contributed by atoms with Crippen LogP contribution in [-0.4, -0.2) is 11.8 Å². The Morgan fingerprint density at radius 3 is 2.47 bits per heavy atom. The summed E-state index contributed by atoms with van der Waals surface area (Å²) in [5, 5.41) is 2.52. The van der Waals surface area contributed by atoms with Crippen molar-refractivity contribution >= 4 is 11.8 Å². The van der Waals surface area contributed by atoms with E-state index in [-0.39, 0.29) is 23.1 Å². The normalized spacial score (nSPS) is 25.6. The predicted molar refractivity (Wildman–Crippen MR) is 72.3 cm³/mol. The second-order valence-corrected chi connectivity index (χ2v) is 5.90. The van der Waals surface area contributed by atoms with E-state index in [9.17, 15) is 9.59 Å². The second kappa shape index (κ2) is 4.80. The summed E-state index contributed by atoms with van der Waals surface area (Å²) in [6, 6.07) is 10.1. The van der Waals surface area contributed by atoms with Gasteiger partial charge < -0.3 is 0 Å². The molecule has 1 aromatic rings. The highest BCUT2D eigenvalue weighted by molar-refractivity contribution is 5.99. The van der Waals surface area contributed by atoms with Crippen LogP contribution in [-0.2, 0) is 16.0 Å². The Hall–Kier alpha value is -1.64. The molecule has 1 heterocycles. The third-order valence-electron chi connectivity index (χ3n) is 4.71. The average molecular weight is 257 g/mol. The van der Waals surface area contributed by atoms with Crippen molar-refractivity contribution in [1.29, 1.82) is 0 Å². The second-order valence-electron chi connectivity index (χ2n) is 5.90. The van der Waals surface area contributed by atoms with Crippen molar-refractivity contribution in [2.24, 2.45) is 11.3 Å². The quantitative estimate of drug-likeness (QED) is 0.827. The van der Waals surface area contributed by atoms with Crippen molar-refractivity contribution in [3.05, 3.63) is 35.9 Å². The molecular weight excluding hydrogens is 238 g/mol. The summed E-state index contributed by atoms with van der Waals surface area (Å²) >= 11 is 0. The van der Waals surface area contributed by atoms with Gasteiger partial charge in [-0.15, -0.1) is 0 Å². The molecule has 100 valence electrons. The fraction of sp³-hybridized carbons (Fsp3) is 0.500. The number of amides is 2. The monoisotopic (exact) mass is 257 g/mol.